The first kappa shape index (κ1) is 11.5. The van der Waals surface area contributed by atoms with E-state index in [-0.39, 0.29) is 0 Å². The second-order valence-corrected chi connectivity index (χ2v) is 4.64. The molecule has 1 saturated carbocycles. The summed E-state index contributed by atoms with van der Waals surface area (Å²) in [5, 5.41) is 7.01. The third-order valence-electron chi connectivity index (χ3n) is 3.22. The fourth-order valence-corrected chi connectivity index (χ4v) is 2.21. The first-order valence-corrected chi connectivity index (χ1v) is 6.42. The lowest BCUT2D eigenvalue weighted by atomic mass is 10.2. The molecule has 2 atom stereocenters. The van der Waals surface area contributed by atoms with Crippen LogP contribution < -0.4 is 10.6 Å². The Hall–Kier alpha value is -1.02. The summed E-state index contributed by atoms with van der Waals surface area (Å²) in [6.07, 6.45) is 4.11. The van der Waals surface area contributed by atoms with Crippen molar-refractivity contribution in [3.05, 3.63) is 30.3 Å². The summed E-state index contributed by atoms with van der Waals surface area (Å²) in [6.45, 7) is 4.35. The molecule has 2 N–H and O–H groups in total. The molecule has 0 spiro atoms. The molecular formula is C14H22N2. The van der Waals surface area contributed by atoms with Crippen LogP contribution in [0.3, 0.4) is 0 Å². The van der Waals surface area contributed by atoms with E-state index in [1.807, 2.05) is 6.07 Å². The highest BCUT2D eigenvalue weighted by Crippen LogP contribution is 2.34. The van der Waals surface area contributed by atoms with E-state index in [1.165, 1.54) is 24.9 Å². The van der Waals surface area contributed by atoms with Crippen molar-refractivity contribution in [3.8, 4) is 0 Å². The number of anilines is 1. The minimum absolute atomic E-state index is 0.803. The van der Waals surface area contributed by atoms with Gasteiger partial charge in [0, 0.05) is 24.8 Å². The molecule has 88 valence electrons. The number of nitrogens with one attached hydrogen (secondary N) is 2. The Morgan fingerprint density at radius 1 is 1.19 bits per heavy atom. The summed E-state index contributed by atoms with van der Waals surface area (Å²) < 4.78 is 0. The van der Waals surface area contributed by atoms with Crippen LogP contribution in [0.5, 0.6) is 0 Å². The van der Waals surface area contributed by atoms with Gasteiger partial charge in [-0.15, -0.1) is 0 Å². The van der Waals surface area contributed by atoms with Gasteiger partial charge >= 0.3 is 0 Å². The number of hydrogen-bond acceptors (Lipinski definition) is 2. The zero-order valence-corrected chi connectivity index (χ0v) is 10.1. The molecule has 2 rings (SSSR count). The Morgan fingerprint density at radius 2 is 2.00 bits per heavy atom. The maximum Gasteiger partial charge on any atom is 0.0340 e. The van der Waals surface area contributed by atoms with E-state index >= 15 is 0 Å². The summed E-state index contributed by atoms with van der Waals surface area (Å²) >= 11 is 0. The highest BCUT2D eigenvalue weighted by atomic mass is 15.0. The summed E-state index contributed by atoms with van der Waals surface area (Å²) in [5.41, 5.74) is 1.21. The van der Waals surface area contributed by atoms with Crippen molar-refractivity contribution >= 4 is 5.69 Å². The normalized spacial score (nSPS) is 23.1. The summed E-state index contributed by atoms with van der Waals surface area (Å²) in [5.74, 6) is 0.960. The third kappa shape index (κ3) is 3.53. The van der Waals surface area contributed by atoms with Crippen LogP contribution in [0.25, 0.3) is 0 Å². The topological polar surface area (TPSA) is 24.1 Å². The van der Waals surface area contributed by atoms with Gasteiger partial charge in [-0.25, -0.2) is 0 Å². The molecule has 0 bridgehead atoms. The van der Waals surface area contributed by atoms with Crippen molar-refractivity contribution in [1.82, 2.24) is 5.32 Å². The monoisotopic (exact) mass is 218 g/mol. The van der Waals surface area contributed by atoms with Crippen LogP contribution in [0, 0.1) is 5.92 Å². The molecule has 1 aliphatic rings. The van der Waals surface area contributed by atoms with Gasteiger partial charge in [-0.2, -0.15) is 0 Å². The number of rotatable bonds is 7. The lowest BCUT2D eigenvalue weighted by Crippen LogP contribution is -2.25. The molecule has 0 aromatic heterocycles. The average Bonchev–Trinajstić information content (AvgIpc) is 3.05. The molecule has 2 heteroatoms. The predicted molar refractivity (Wildman–Crippen MR) is 69.7 cm³/mol. The number of benzene rings is 1. The van der Waals surface area contributed by atoms with Crippen LogP contribution in [0.2, 0.25) is 0 Å². The predicted octanol–water partition coefficient (Wildman–Crippen LogP) is 2.88. The second-order valence-electron chi connectivity index (χ2n) is 4.64. The molecule has 2 nitrogen and oxygen atoms in total. The van der Waals surface area contributed by atoms with Crippen LogP contribution in [-0.4, -0.2) is 19.1 Å². The molecule has 0 saturated heterocycles. The zero-order chi connectivity index (χ0) is 11.2. The molecule has 16 heavy (non-hydrogen) atoms. The lowest BCUT2D eigenvalue weighted by molar-refractivity contribution is 0.608. The Bertz CT molecular complexity index is 297. The minimum Gasteiger partial charge on any atom is -0.384 e. The molecule has 0 radical (unpaired) electrons. The fourth-order valence-electron chi connectivity index (χ4n) is 2.21. The average molecular weight is 218 g/mol. The first-order chi connectivity index (χ1) is 7.90. The molecule has 1 aliphatic carbocycles. The van der Waals surface area contributed by atoms with Crippen LogP contribution in [-0.2, 0) is 0 Å². The van der Waals surface area contributed by atoms with Crippen molar-refractivity contribution in [2.24, 2.45) is 5.92 Å². The van der Waals surface area contributed by atoms with Crippen molar-refractivity contribution in [2.75, 3.05) is 18.4 Å². The molecule has 1 aromatic carbocycles. The fraction of sp³-hybridized carbons (Fsp3) is 0.571. The SMILES string of the molecule is CCCC1CC1NCCNc1ccccc1. The molecule has 1 fully saturated rings. The van der Waals surface area contributed by atoms with Crippen molar-refractivity contribution in [2.45, 2.75) is 32.2 Å². The van der Waals surface area contributed by atoms with Crippen molar-refractivity contribution < 1.29 is 0 Å². The first-order valence-electron chi connectivity index (χ1n) is 6.42. The Kier molecular flexibility index (Phi) is 4.23. The van der Waals surface area contributed by atoms with E-state index in [0.717, 1.165) is 25.0 Å². The quantitative estimate of drug-likeness (QED) is 0.688. The van der Waals surface area contributed by atoms with Gasteiger partial charge in [-0.3, -0.25) is 0 Å². The number of hydrogen-bond donors (Lipinski definition) is 2. The van der Waals surface area contributed by atoms with Gasteiger partial charge in [0.2, 0.25) is 0 Å². The smallest absolute Gasteiger partial charge is 0.0340 e. The van der Waals surface area contributed by atoms with Crippen LogP contribution >= 0.6 is 0 Å². The second kappa shape index (κ2) is 5.90. The molecule has 1 aromatic rings. The molecule has 0 heterocycles. The molecule has 0 amide bonds. The van der Waals surface area contributed by atoms with Gasteiger partial charge in [-0.1, -0.05) is 31.5 Å². The highest BCUT2D eigenvalue weighted by molar-refractivity contribution is 5.42. The van der Waals surface area contributed by atoms with E-state index in [4.69, 9.17) is 0 Å². The molecular weight excluding hydrogens is 196 g/mol. The van der Waals surface area contributed by atoms with Crippen molar-refractivity contribution in [1.29, 1.82) is 0 Å². The van der Waals surface area contributed by atoms with Gasteiger partial charge in [-0.05, 0) is 30.9 Å². The Balaban J connectivity index is 1.53. The standard InChI is InChI=1S/C14H22N2/c1-2-6-12-11-14(12)16-10-9-15-13-7-4-3-5-8-13/h3-5,7-8,12,14-16H,2,6,9-11H2,1H3. The van der Waals surface area contributed by atoms with Crippen LogP contribution in [0.1, 0.15) is 26.2 Å². The van der Waals surface area contributed by atoms with E-state index in [9.17, 15) is 0 Å². The number of para-hydroxylation sites is 1. The van der Waals surface area contributed by atoms with Gasteiger partial charge in [0.25, 0.3) is 0 Å². The largest absolute Gasteiger partial charge is 0.384 e. The summed E-state index contributed by atoms with van der Waals surface area (Å²) in [4.78, 5) is 0. The van der Waals surface area contributed by atoms with E-state index in [1.54, 1.807) is 0 Å². The lowest BCUT2D eigenvalue weighted by Gasteiger charge is -2.07. The van der Waals surface area contributed by atoms with E-state index < -0.39 is 0 Å². The summed E-state index contributed by atoms with van der Waals surface area (Å²) in [6, 6.07) is 11.2. The van der Waals surface area contributed by atoms with Gasteiger partial charge in [0.05, 0.1) is 0 Å². The summed E-state index contributed by atoms with van der Waals surface area (Å²) in [7, 11) is 0. The minimum atomic E-state index is 0.803. The maximum absolute atomic E-state index is 3.60. The third-order valence-corrected chi connectivity index (χ3v) is 3.22. The zero-order valence-electron chi connectivity index (χ0n) is 10.1. The highest BCUT2D eigenvalue weighted by Gasteiger charge is 2.34. The Labute approximate surface area is 98.4 Å². The van der Waals surface area contributed by atoms with Crippen molar-refractivity contribution in [3.63, 3.8) is 0 Å². The molecule has 0 aliphatic heterocycles. The molecule has 2 unspecified atom stereocenters. The van der Waals surface area contributed by atoms with Gasteiger partial charge in [0.1, 0.15) is 0 Å². The van der Waals surface area contributed by atoms with E-state index in [2.05, 4.69) is 41.8 Å². The van der Waals surface area contributed by atoms with Gasteiger partial charge in [0.15, 0.2) is 0 Å². The Morgan fingerprint density at radius 3 is 2.75 bits per heavy atom. The van der Waals surface area contributed by atoms with Crippen LogP contribution in [0.4, 0.5) is 5.69 Å². The van der Waals surface area contributed by atoms with Crippen LogP contribution in [0.15, 0.2) is 30.3 Å². The van der Waals surface area contributed by atoms with E-state index in [0.29, 0.717) is 0 Å². The van der Waals surface area contributed by atoms with Gasteiger partial charge < -0.3 is 10.6 Å². The maximum atomic E-state index is 3.60.